The summed E-state index contributed by atoms with van der Waals surface area (Å²) < 4.78 is 35.0. The van der Waals surface area contributed by atoms with Gasteiger partial charge in [0.2, 0.25) is 18.7 Å². The van der Waals surface area contributed by atoms with E-state index in [1.165, 1.54) is 6.20 Å². The molecule has 5 nitrogen and oxygen atoms in total. The number of nitrogens with zero attached hydrogens (tertiary/aromatic N) is 3. The molecule has 0 unspecified atom stereocenters. The standard InChI is InChI=1S/C14H9ClFN3O2.CH2F2/c1-8-6-9(2-3-10(8)15)18-13(21)7-11(16)19-12(20)4-5-17-14(18)19;2-1-3/h2-7H,1H3;1H2. The van der Waals surface area contributed by atoms with Crippen LogP contribution in [0.4, 0.5) is 13.2 Å². The van der Waals surface area contributed by atoms with Crippen LogP contribution in [0.5, 0.6) is 0 Å². The van der Waals surface area contributed by atoms with Crippen molar-refractivity contribution in [3.63, 3.8) is 0 Å². The third-order valence-electron chi connectivity index (χ3n) is 3.10. The first-order chi connectivity index (χ1) is 11.4. The van der Waals surface area contributed by atoms with E-state index in [-0.39, 0.29) is 5.78 Å². The fourth-order valence-electron chi connectivity index (χ4n) is 2.10. The molecule has 0 atom stereocenters. The molecule has 9 heteroatoms. The Kier molecular flexibility index (Phi) is 5.40. The summed E-state index contributed by atoms with van der Waals surface area (Å²) in [5.41, 5.74) is -0.0106. The average Bonchev–Trinajstić information content (AvgIpc) is 2.51. The van der Waals surface area contributed by atoms with Gasteiger partial charge in [0.1, 0.15) is 0 Å². The lowest BCUT2D eigenvalue weighted by atomic mass is 10.2. The summed E-state index contributed by atoms with van der Waals surface area (Å²) >= 11 is 5.96. The van der Waals surface area contributed by atoms with Gasteiger partial charge in [0.05, 0.1) is 11.8 Å². The Morgan fingerprint density at radius 1 is 1.12 bits per heavy atom. The number of hydrogen-bond acceptors (Lipinski definition) is 3. The first kappa shape index (κ1) is 17.7. The van der Waals surface area contributed by atoms with Gasteiger partial charge in [-0.1, -0.05) is 11.6 Å². The van der Waals surface area contributed by atoms with Crippen LogP contribution in [0.25, 0.3) is 11.5 Å². The van der Waals surface area contributed by atoms with Gasteiger partial charge < -0.3 is 0 Å². The molecule has 1 aromatic carbocycles. The molecule has 0 aliphatic carbocycles. The maximum absolute atomic E-state index is 13.8. The lowest BCUT2D eigenvalue weighted by Crippen LogP contribution is -2.28. The van der Waals surface area contributed by atoms with Crippen molar-refractivity contribution in [3.8, 4) is 5.69 Å². The summed E-state index contributed by atoms with van der Waals surface area (Å²) in [6, 6.07) is 6.77. The van der Waals surface area contributed by atoms with E-state index in [9.17, 15) is 22.8 Å². The highest BCUT2D eigenvalue weighted by atomic mass is 35.5. The molecule has 126 valence electrons. The second kappa shape index (κ2) is 7.31. The van der Waals surface area contributed by atoms with E-state index in [4.69, 9.17) is 11.6 Å². The van der Waals surface area contributed by atoms with Crippen molar-refractivity contribution in [2.45, 2.75) is 6.92 Å². The predicted molar refractivity (Wildman–Crippen MR) is 83.8 cm³/mol. The van der Waals surface area contributed by atoms with Crippen LogP contribution in [-0.2, 0) is 0 Å². The minimum absolute atomic E-state index is 0.0887. The Hall–Kier alpha value is -2.61. The Morgan fingerprint density at radius 3 is 2.42 bits per heavy atom. The molecule has 0 fully saturated rings. The average molecular weight is 358 g/mol. The number of halogens is 4. The number of fused-ring (bicyclic) bond motifs is 1. The lowest BCUT2D eigenvalue weighted by Gasteiger charge is -2.11. The number of aryl methyl sites for hydroxylation is 1. The van der Waals surface area contributed by atoms with E-state index in [0.29, 0.717) is 10.7 Å². The Labute approximate surface area is 138 Å². The number of alkyl halides is 2. The Bertz CT molecular complexity index is 1000. The number of aromatic nitrogens is 3. The molecule has 0 amide bonds. The monoisotopic (exact) mass is 357 g/mol. The summed E-state index contributed by atoms with van der Waals surface area (Å²) in [5.74, 6) is -1.04. The molecule has 0 N–H and O–H groups in total. The molecule has 24 heavy (non-hydrogen) atoms. The maximum Gasteiger partial charge on any atom is 0.262 e. The van der Waals surface area contributed by atoms with Crippen LogP contribution in [0, 0.1) is 12.9 Å². The van der Waals surface area contributed by atoms with Gasteiger partial charge in [-0.15, -0.1) is 0 Å². The summed E-state index contributed by atoms with van der Waals surface area (Å²) in [6.45, 7) is 0.0299. The number of hydrogen-bond donors (Lipinski definition) is 0. The SMILES string of the molecule is Cc1cc(-n2c(=O)cc(F)n3c(=O)ccnc23)ccc1Cl.FCF. The van der Waals surface area contributed by atoms with Crippen LogP contribution in [0.1, 0.15) is 5.56 Å². The zero-order chi connectivity index (χ0) is 17.9. The minimum atomic E-state index is -1.75. The number of rotatable bonds is 1. The highest BCUT2D eigenvalue weighted by Crippen LogP contribution is 2.18. The molecule has 3 rings (SSSR count). The topological polar surface area (TPSA) is 56.4 Å². The molecule has 2 heterocycles. The maximum atomic E-state index is 13.8. The largest absolute Gasteiger partial charge is 0.269 e. The van der Waals surface area contributed by atoms with Crippen molar-refractivity contribution in [3.05, 3.63) is 73.8 Å². The van der Waals surface area contributed by atoms with E-state index >= 15 is 0 Å². The molecule has 0 aliphatic heterocycles. The molecule has 0 spiro atoms. The minimum Gasteiger partial charge on any atom is -0.269 e. The van der Waals surface area contributed by atoms with E-state index in [1.54, 1.807) is 25.1 Å². The second-order valence-electron chi connectivity index (χ2n) is 4.59. The lowest BCUT2D eigenvalue weighted by molar-refractivity contribution is 0.295. The summed E-state index contributed by atoms with van der Waals surface area (Å²) in [5, 5.41) is 0.545. The van der Waals surface area contributed by atoms with Gasteiger partial charge in [0, 0.05) is 17.3 Å². The van der Waals surface area contributed by atoms with Crippen LogP contribution < -0.4 is 11.1 Å². The molecule has 0 aliphatic rings. The van der Waals surface area contributed by atoms with Gasteiger partial charge in [0.15, 0.2) is 0 Å². The molecular formula is C15H11ClF3N3O2. The molecular weight excluding hydrogens is 347 g/mol. The highest BCUT2D eigenvalue weighted by Gasteiger charge is 2.13. The zero-order valence-corrected chi connectivity index (χ0v) is 13.1. The smallest absolute Gasteiger partial charge is 0.262 e. The van der Waals surface area contributed by atoms with Crippen molar-refractivity contribution >= 4 is 17.4 Å². The molecule has 0 radical (unpaired) electrons. The number of benzene rings is 1. The second-order valence-corrected chi connectivity index (χ2v) is 5.00. The van der Waals surface area contributed by atoms with Crippen LogP contribution >= 0.6 is 11.6 Å². The quantitative estimate of drug-likeness (QED) is 0.629. The van der Waals surface area contributed by atoms with Gasteiger partial charge in [-0.3, -0.25) is 9.59 Å². The van der Waals surface area contributed by atoms with E-state index in [1.807, 2.05) is 0 Å². The van der Waals surface area contributed by atoms with Crippen LogP contribution in [0.15, 0.2) is 46.1 Å². The van der Waals surface area contributed by atoms with Gasteiger partial charge in [-0.05, 0) is 30.7 Å². The molecule has 0 saturated carbocycles. The summed E-state index contributed by atoms with van der Waals surface area (Å²) in [6.07, 6.45) is 1.23. The van der Waals surface area contributed by atoms with E-state index in [0.717, 1.165) is 26.7 Å². The molecule has 2 aromatic heterocycles. The van der Waals surface area contributed by atoms with Gasteiger partial charge in [-0.25, -0.2) is 22.7 Å². The van der Waals surface area contributed by atoms with E-state index in [2.05, 4.69) is 4.98 Å². The van der Waals surface area contributed by atoms with Crippen molar-refractivity contribution in [1.82, 2.24) is 14.0 Å². The Balaban J connectivity index is 0.000000647. The Morgan fingerprint density at radius 2 is 1.79 bits per heavy atom. The van der Waals surface area contributed by atoms with Crippen molar-refractivity contribution in [2.75, 3.05) is 6.93 Å². The van der Waals surface area contributed by atoms with Crippen LogP contribution in [0.2, 0.25) is 5.02 Å². The van der Waals surface area contributed by atoms with Crippen molar-refractivity contribution in [2.24, 2.45) is 0 Å². The fourth-order valence-corrected chi connectivity index (χ4v) is 2.21. The summed E-state index contributed by atoms with van der Waals surface area (Å²) in [4.78, 5) is 27.8. The first-order valence-corrected chi connectivity index (χ1v) is 6.96. The highest BCUT2D eigenvalue weighted by molar-refractivity contribution is 6.31. The molecule has 0 bridgehead atoms. The van der Waals surface area contributed by atoms with Crippen molar-refractivity contribution in [1.29, 1.82) is 0 Å². The van der Waals surface area contributed by atoms with Crippen molar-refractivity contribution < 1.29 is 13.2 Å². The van der Waals surface area contributed by atoms with Gasteiger partial charge in [0.25, 0.3) is 11.1 Å². The molecule has 0 saturated heterocycles. The normalized spacial score (nSPS) is 10.4. The fraction of sp³-hybridized carbons (Fsp3) is 0.133. The third-order valence-corrected chi connectivity index (χ3v) is 3.53. The zero-order valence-electron chi connectivity index (χ0n) is 12.3. The summed E-state index contributed by atoms with van der Waals surface area (Å²) in [7, 11) is 0. The predicted octanol–water partition coefficient (Wildman–Crippen LogP) is 2.83. The third kappa shape index (κ3) is 3.33. The first-order valence-electron chi connectivity index (χ1n) is 6.58. The van der Waals surface area contributed by atoms with Gasteiger partial charge >= 0.3 is 0 Å². The molecule has 3 aromatic rings. The van der Waals surface area contributed by atoms with Crippen LogP contribution in [-0.4, -0.2) is 20.9 Å². The van der Waals surface area contributed by atoms with Gasteiger partial charge in [-0.2, -0.15) is 4.39 Å². The van der Waals surface area contributed by atoms with E-state index < -0.39 is 24.0 Å². The van der Waals surface area contributed by atoms with Crippen LogP contribution in [0.3, 0.4) is 0 Å².